The highest BCUT2D eigenvalue weighted by atomic mass is 16.3. The van der Waals surface area contributed by atoms with Gasteiger partial charge in [-0.15, -0.1) is 0 Å². The lowest BCUT2D eigenvalue weighted by atomic mass is 9.89. The first-order valence-electron chi connectivity index (χ1n) is 10.9. The number of carbonyl (C=O) groups excluding carboxylic acids is 1. The van der Waals surface area contributed by atoms with Crippen molar-refractivity contribution < 1.29 is 14.1 Å². The molecule has 0 radical (unpaired) electrons. The van der Waals surface area contributed by atoms with Gasteiger partial charge in [0.05, 0.1) is 37.0 Å². The van der Waals surface area contributed by atoms with Gasteiger partial charge in [0.25, 0.3) is 5.91 Å². The van der Waals surface area contributed by atoms with Crippen LogP contribution in [0.15, 0.2) is 47.1 Å². The number of carbonyl (C=O) groups is 1. The van der Waals surface area contributed by atoms with E-state index in [4.69, 9.17) is 9.40 Å². The lowest BCUT2D eigenvalue weighted by Gasteiger charge is -2.24. The average molecular weight is 391 g/mol. The Labute approximate surface area is 171 Å². The van der Waals surface area contributed by atoms with Crippen LogP contribution in [0.4, 0.5) is 0 Å². The Morgan fingerprint density at radius 1 is 1.07 bits per heavy atom. The summed E-state index contributed by atoms with van der Waals surface area (Å²) in [6.07, 6.45) is 8.39. The molecule has 3 heterocycles. The van der Waals surface area contributed by atoms with Gasteiger partial charge < -0.3 is 14.6 Å². The molecule has 1 aliphatic heterocycles. The van der Waals surface area contributed by atoms with Gasteiger partial charge in [0.2, 0.25) is 0 Å². The minimum atomic E-state index is 0.0249. The summed E-state index contributed by atoms with van der Waals surface area (Å²) >= 11 is 0. The first-order valence-corrected chi connectivity index (χ1v) is 10.9. The maximum Gasteiger partial charge on any atom is 0.252 e. The summed E-state index contributed by atoms with van der Waals surface area (Å²) in [4.78, 5) is 19.8. The van der Waals surface area contributed by atoms with Crippen LogP contribution in [0.1, 0.15) is 59.1 Å². The number of para-hydroxylation sites is 1. The van der Waals surface area contributed by atoms with E-state index < -0.39 is 0 Å². The standard InChI is InChI=1S/C24H27N3O2/c28-24(25-16-21(22-12-7-15-29-22)27-13-5-6-14-27)23-17-8-1-3-10-19(17)26-20-11-4-2-9-18(20)23/h1,3,7-8,10,12,15,21H,2,4-6,9,11,13-14,16H2,(H,25,28)/p+1/t21-/m0/s1. The minimum Gasteiger partial charge on any atom is -0.463 e. The molecule has 0 unspecified atom stereocenters. The number of nitrogens with zero attached hydrogens (tertiary/aromatic N) is 1. The third-order valence-electron chi connectivity index (χ3n) is 6.49. The summed E-state index contributed by atoms with van der Waals surface area (Å²) in [7, 11) is 0. The summed E-state index contributed by atoms with van der Waals surface area (Å²) < 4.78 is 5.72. The van der Waals surface area contributed by atoms with Gasteiger partial charge in [-0.2, -0.15) is 0 Å². The van der Waals surface area contributed by atoms with Gasteiger partial charge in [0.15, 0.2) is 11.8 Å². The third kappa shape index (κ3) is 3.55. The number of quaternary nitrogens is 1. The zero-order valence-corrected chi connectivity index (χ0v) is 16.7. The second-order valence-electron chi connectivity index (χ2n) is 8.28. The number of hydrogen-bond donors (Lipinski definition) is 2. The maximum atomic E-state index is 13.4. The van der Waals surface area contributed by atoms with Crippen LogP contribution in [0.2, 0.25) is 0 Å². The normalized spacial score (nSPS) is 17.9. The van der Waals surface area contributed by atoms with Crippen LogP contribution >= 0.6 is 0 Å². The van der Waals surface area contributed by atoms with Crippen LogP contribution in [-0.2, 0) is 12.8 Å². The maximum absolute atomic E-state index is 13.4. The van der Waals surface area contributed by atoms with Crippen molar-refractivity contribution in [3.8, 4) is 0 Å². The number of pyridine rings is 1. The predicted octanol–water partition coefficient (Wildman–Crippen LogP) is 2.86. The minimum absolute atomic E-state index is 0.0249. The summed E-state index contributed by atoms with van der Waals surface area (Å²) in [6.45, 7) is 2.86. The molecule has 2 N–H and O–H groups in total. The number of rotatable bonds is 5. The molecule has 1 atom stereocenters. The lowest BCUT2D eigenvalue weighted by Crippen LogP contribution is -3.11. The average Bonchev–Trinajstić information content (AvgIpc) is 3.47. The van der Waals surface area contributed by atoms with Crippen molar-refractivity contribution in [3.05, 3.63) is 65.2 Å². The van der Waals surface area contributed by atoms with Crippen molar-refractivity contribution in [1.29, 1.82) is 0 Å². The first-order chi connectivity index (χ1) is 14.3. The van der Waals surface area contributed by atoms with E-state index in [0.717, 1.165) is 72.3 Å². The molecule has 0 spiro atoms. The number of likely N-dealkylation sites (tertiary alicyclic amines) is 1. The Bertz CT molecular complexity index is 1010. The molecule has 5 heteroatoms. The Hall–Kier alpha value is -2.66. The van der Waals surface area contributed by atoms with Crippen LogP contribution in [0.5, 0.6) is 0 Å². The van der Waals surface area contributed by atoms with E-state index in [9.17, 15) is 4.79 Å². The van der Waals surface area contributed by atoms with Gasteiger partial charge in [-0.25, -0.2) is 0 Å². The van der Waals surface area contributed by atoms with Crippen molar-refractivity contribution in [2.75, 3.05) is 19.6 Å². The highest BCUT2D eigenvalue weighted by Gasteiger charge is 2.30. The fourth-order valence-corrected chi connectivity index (χ4v) is 5.03. The molecular weight excluding hydrogens is 362 g/mol. The summed E-state index contributed by atoms with van der Waals surface area (Å²) in [6, 6.07) is 12.2. The molecule has 3 aromatic rings. The molecule has 0 bridgehead atoms. The number of aromatic nitrogens is 1. The Morgan fingerprint density at radius 3 is 2.72 bits per heavy atom. The fourth-order valence-electron chi connectivity index (χ4n) is 5.03. The largest absolute Gasteiger partial charge is 0.463 e. The smallest absolute Gasteiger partial charge is 0.252 e. The Morgan fingerprint density at radius 2 is 1.90 bits per heavy atom. The molecule has 1 fully saturated rings. The van der Waals surface area contributed by atoms with E-state index >= 15 is 0 Å². The monoisotopic (exact) mass is 390 g/mol. The van der Waals surface area contributed by atoms with Crippen LogP contribution in [0, 0.1) is 0 Å². The fraction of sp³-hybridized carbons (Fsp3) is 0.417. The Balaban J connectivity index is 1.45. The van der Waals surface area contributed by atoms with Gasteiger partial charge in [0, 0.05) is 23.9 Å². The molecule has 150 valence electrons. The van der Waals surface area contributed by atoms with Crippen LogP contribution in [0.25, 0.3) is 10.9 Å². The van der Waals surface area contributed by atoms with Gasteiger partial charge in [-0.3, -0.25) is 9.78 Å². The molecule has 1 aromatic carbocycles. The summed E-state index contributed by atoms with van der Waals surface area (Å²) in [5.74, 6) is 0.987. The molecule has 5 nitrogen and oxygen atoms in total. The zero-order chi connectivity index (χ0) is 19.6. The molecule has 2 aliphatic rings. The van der Waals surface area contributed by atoms with E-state index in [0.29, 0.717) is 6.54 Å². The second kappa shape index (κ2) is 7.99. The van der Waals surface area contributed by atoms with Gasteiger partial charge in [0.1, 0.15) is 0 Å². The van der Waals surface area contributed by atoms with Crippen LogP contribution in [-0.4, -0.2) is 30.5 Å². The van der Waals surface area contributed by atoms with Crippen LogP contribution in [0.3, 0.4) is 0 Å². The first kappa shape index (κ1) is 18.4. The highest BCUT2D eigenvalue weighted by molar-refractivity contribution is 6.07. The van der Waals surface area contributed by atoms with E-state index in [1.165, 1.54) is 17.7 Å². The number of benzene rings is 1. The number of fused-ring (bicyclic) bond motifs is 2. The molecule has 1 saturated heterocycles. The van der Waals surface area contributed by atoms with Gasteiger partial charge in [-0.1, -0.05) is 18.2 Å². The van der Waals surface area contributed by atoms with E-state index in [2.05, 4.69) is 5.32 Å². The molecule has 29 heavy (non-hydrogen) atoms. The second-order valence-corrected chi connectivity index (χ2v) is 8.28. The van der Waals surface area contributed by atoms with Crippen LogP contribution < -0.4 is 10.2 Å². The van der Waals surface area contributed by atoms with E-state index in [-0.39, 0.29) is 11.9 Å². The van der Waals surface area contributed by atoms with Gasteiger partial charge >= 0.3 is 0 Å². The molecule has 2 aromatic heterocycles. The van der Waals surface area contributed by atoms with E-state index in [1.54, 1.807) is 6.26 Å². The van der Waals surface area contributed by atoms with Crippen molar-refractivity contribution >= 4 is 16.8 Å². The molecular formula is C24H28N3O2+. The predicted molar refractivity (Wildman–Crippen MR) is 112 cm³/mol. The molecule has 0 saturated carbocycles. The van der Waals surface area contributed by atoms with Crippen molar-refractivity contribution in [1.82, 2.24) is 10.3 Å². The van der Waals surface area contributed by atoms with Crippen molar-refractivity contribution in [2.24, 2.45) is 0 Å². The molecule has 1 amide bonds. The lowest BCUT2D eigenvalue weighted by molar-refractivity contribution is -0.919. The third-order valence-corrected chi connectivity index (χ3v) is 6.49. The van der Waals surface area contributed by atoms with Gasteiger partial charge in [-0.05, 0) is 49.4 Å². The molecule has 5 rings (SSSR count). The SMILES string of the molecule is O=C(NC[C@@H](c1ccco1)[NH+]1CCCC1)c1c2c(nc3ccccc13)CCCC2. The van der Waals surface area contributed by atoms with E-state index in [1.807, 2.05) is 36.4 Å². The quantitative estimate of drug-likeness (QED) is 0.704. The Kier molecular flexibility index (Phi) is 5.06. The van der Waals surface area contributed by atoms with Crippen molar-refractivity contribution in [3.63, 3.8) is 0 Å². The molecule has 1 aliphatic carbocycles. The summed E-state index contributed by atoms with van der Waals surface area (Å²) in [5, 5.41) is 4.23. The summed E-state index contributed by atoms with van der Waals surface area (Å²) in [5.41, 5.74) is 4.01. The number of aryl methyl sites for hydroxylation is 1. The number of hydrogen-bond acceptors (Lipinski definition) is 3. The number of amides is 1. The highest BCUT2D eigenvalue weighted by Crippen LogP contribution is 2.29. The zero-order valence-electron chi connectivity index (χ0n) is 16.7. The number of nitrogens with one attached hydrogen (secondary N) is 2. The number of furan rings is 1. The topological polar surface area (TPSA) is 59.6 Å². The van der Waals surface area contributed by atoms with Crippen molar-refractivity contribution in [2.45, 2.75) is 44.6 Å².